The molecule has 1 N–H and O–H groups in total. The standard InChI is InChI=1S/C26H25NO4/c28-24-15-13-21(14-16-24)9-5-2-1-3-8-12-23-19-25(17-18-26(23)27(29)30)31-20-22-10-6-4-7-11-22/h4-19,28H,1-3,20H2/b9-5+,12-8+. The first-order chi connectivity index (χ1) is 15.1. The van der Waals surface area contributed by atoms with Crippen molar-refractivity contribution in [2.24, 2.45) is 0 Å². The number of rotatable bonds is 10. The van der Waals surface area contributed by atoms with Crippen LogP contribution in [0.2, 0.25) is 0 Å². The molecule has 5 heteroatoms. The number of nitrogens with zero attached hydrogens (tertiary/aromatic N) is 1. The highest BCUT2D eigenvalue weighted by Crippen LogP contribution is 2.26. The molecule has 0 aliphatic heterocycles. The van der Waals surface area contributed by atoms with Gasteiger partial charge in [0.2, 0.25) is 0 Å². The first-order valence-electron chi connectivity index (χ1n) is 10.2. The third kappa shape index (κ3) is 7.16. The summed E-state index contributed by atoms with van der Waals surface area (Å²) in [7, 11) is 0. The van der Waals surface area contributed by atoms with Gasteiger partial charge in [0.1, 0.15) is 18.1 Å². The molecule has 0 bridgehead atoms. The molecule has 3 aromatic carbocycles. The highest BCUT2D eigenvalue weighted by molar-refractivity contribution is 5.63. The molecule has 0 aromatic heterocycles. The number of nitro benzene ring substituents is 1. The van der Waals surface area contributed by atoms with Gasteiger partial charge >= 0.3 is 0 Å². The Balaban J connectivity index is 1.53. The highest BCUT2D eigenvalue weighted by atomic mass is 16.6. The second-order valence-electron chi connectivity index (χ2n) is 7.08. The Morgan fingerprint density at radius 1 is 0.903 bits per heavy atom. The van der Waals surface area contributed by atoms with E-state index in [1.807, 2.05) is 54.6 Å². The lowest BCUT2D eigenvalue weighted by Crippen LogP contribution is -1.97. The van der Waals surface area contributed by atoms with Crippen molar-refractivity contribution >= 4 is 17.8 Å². The fourth-order valence-electron chi connectivity index (χ4n) is 3.03. The normalized spacial score (nSPS) is 11.2. The van der Waals surface area contributed by atoms with Crippen LogP contribution in [0.3, 0.4) is 0 Å². The summed E-state index contributed by atoms with van der Waals surface area (Å²) >= 11 is 0. The predicted molar refractivity (Wildman–Crippen MR) is 124 cm³/mol. The summed E-state index contributed by atoms with van der Waals surface area (Å²) in [6.45, 7) is 0.412. The molecule has 0 aliphatic rings. The van der Waals surface area contributed by atoms with Crippen molar-refractivity contribution in [2.75, 3.05) is 0 Å². The van der Waals surface area contributed by atoms with Gasteiger partial charge in [-0.25, -0.2) is 0 Å². The first kappa shape index (κ1) is 21.8. The molecule has 0 heterocycles. The SMILES string of the molecule is O=[N+]([O-])c1ccc(OCc2ccccc2)cc1/C=C/CCC/C=C/c1ccc(O)cc1. The Morgan fingerprint density at radius 3 is 2.32 bits per heavy atom. The van der Waals surface area contributed by atoms with E-state index in [1.54, 1.807) is 30.3 Å². The molecule has 3 aromatic rings. The number of phenols is 1. The summed E-state index contributed by atoms with van der Waals surface area (Å²) < 4.78 is 5.80. The van der Waals surface area contributed by atoms with Crippen molar-refractivity contribution < 1.29 is 14.8 Å². The van der Waals surface area contributed by atoms with Gasteiger partial charge in [-0.05, 0) is 54.7 Å². The van der Waals surface area contributed by atoms with E-state index in [0.29, 0.717) is 17.9 Å². The summed E-state index contributed by atoms with van der Waals surface area (Å²) in [5.41, 5.74) is 2.68. The summed E-state index contributed by atoms with van der Waals surface area (Å²) in [6, 6.07) is 21.7. The van der Waals surface area contributed by atoms with E-state index in [2.05, 4.69) is 6.08 Å². The summed E-state index contributed by atoms with van der Waals surface area (Å²) in [5.74, 6) is 0.858. The van der Waals surface area contributed by atoms with Gasteiger partial charge in [-0.15, -0.1) is 0 Å². The van der Waals surface area contributed by atoms with Crippen molar-refractivity contribution in [3.63, 3.8) is 0 Å². The molecule has 0 saturated heterocycles. The van der Waals surface area contributed by atoms with Crippen molar-refractivity contribution in [1.82, 2.24) is 0 Å². The van der Waals surface area contributed by atoms with Crippen LogP contribution in [-0.4, -0.2) is 10.0 Å². The monoisotopic (exact) mass is 415 g/mol. The topological polar surface area (TPSA) is 72.6 Å². The smallest absolute Gasteiger partial charge is 0.276 e. The van der Waals surface area contributed by atoms with Crippen LogP contribution in [0.5, 0.6) is 11.5 Å². The van der Waals surface area contributed by atoms with Crippen molar-refractivity contribution in [2.45, 2.75) is 25.9 Å². The number of phenolic OH excluding ortho intramolecular Hbond substituents is 1. The summed E-state index contributed by atoms with van der Waals surface area (Å²) in [6.07, 6.45) is 10.5. The lowest BCUT2D eigenvalue weighted by molar-refractivity contribution is -0.385. The fourth-order valence-corrected chi connectivity index (χ4v) is 3.03. The van der Waals surface area contributed by atoms with Crippen LogP contribution in [0.4, 0.5) is 5.69 Å². The molecule has 0 unspecified atom stereocenters. The zero-order valence-electron chi connectivity index (χ0n) is 17.2. The van der Waals surface area contributed by atoms with Gasteiger partial charge in [-0.3, -0.25) is 10.1 Å². The number of ether oxygens (including phenoxy) is 1. The Bertz CT molecular complexity index is 1040. The third-order valence-corrected chi connectivity index (χ3v) is 4.69. The zero-order chi connectivity index (χ0) is 21.9. The minimum atomic E-state index is -0.374. The van der Waals surface area contributed by atoms with Crippen molar-refractivity contribution in [3.8, 4) is 11.5 Å². The van der Waals surface area contributed by atoms with E-state index >= 15 is 0 Å². The lowest BCUT2D eigenvalue weighted by atomic mass is 10.1. The second kappa shape index (κ2) is 11.4. The minimum absolute atomic E-state index is 0.0653. The molecule has 0 saturated carbocycles. The summed E-state index contributed by atoms with van der Waals surface area (Å²) in [4.78, 5) is 11.0. The third-order valence-electron chi connectivity index (χ3n) is 4.69. The number of hydrogen-bond donors (Lipinski definition) is 1. The van der Waals surface area contributed by atoms with Gasteiger partial charge in [-0.2, -0.15) is 0 Å². The molecule has 0 atom stereocenters. The van der Waals surface area contributed by atoms with Crippen LogP contribution in [-0.2, 0) is 6.61 Å². The first-order valence-corrected chi connectivity index (χ1v) is 10.2. The van der Waals surface area contributed by atoms with Crippen LogP contribution in [0.1, 0.15) is 36.0 Å². The molecular weight excluding hydrogens is 390 g/mol. The molecule has 0 amide bonds. The van der Waals surface area contributed by atoms with Gasteiger partial charge in [0.05, 0.1) is 10.5 Å². The van der Waals surface area contributed by atoms with E-state index in [0.717, 1.165) is 30.4 Å². The van der Waals surface area contributed by atoms with E-state index < -0.39 is 0 Å². The molecular formula is C26H25NO4. The van der Waals surface area contributed by atoms with E-state index in [4.69, 9.17) is 4.74 Å². The number of aromatic hydroxyl groups is 1. The molecule has 0 fully saturated rings. The van der Waals surface area contributed by atoms with E-state index in [-0.39, 0.29) is 16.4 Å². The molecule has 0 spiro atoms. The van der Waals surface area contributed by atoms with Gasteiger partial charge in [0, 0.05) is 6.07 Å². The van der Waals surface area contributed by atoms with Crippen molar-refractivity contribution in [1.29, 1.82) is 0 Å². The Labute approximate surface area is 182 Å². The maximum atomic E-state index is 11.3. The summed E-state index contributed by atoms with van der Waals surface area (Å²) in [5, 5.41) is 20.6. The van der Waals surface area contributed by atoms with Crippen molar-refractivity contribution in [3.05, 3.63) is 112 Å². The molecule has 0 aliphatic carbocycles. The van der Waals surface area contributed by atoms with Crippen LogP contribution >= 0.6 is 0 Å². The van der Waals surface area contributed by atoms with Gasteiger partial charge in [-0.1, -0.05) is 66.8 Å². The molecule has 5 nitrogen and oxygen atoms in total. The average Bonchev–Trinajstić information content (AvgIpc) is 2.79. The zero-order valence-corrected chi connectivity index (χ0v) is 17.2. The highest BCUT2D eigenvalue weighted by Gasteiger charge is 2.12. The van der Waals surface area contributed by atoms with Crippen LogP contribution < -0.4 is 4.74 Å². The second-order valence-corrected chi connectivity index (χ2v) is 7.08. The quantitative estimate of drug-likeness (QED) is 0.225. The molecule has 3 rings (SSSR count). The molecule has 158 valence electrons. The van der Waals surface area contributed by atoms with Crippen LogP contribution in [0.25, 0.3) is 12.2 Å². The number of nitro groups is 1. The lowest BCUT2D eigenvalue weighted by Gasteiger charge is -2.07. The Morgan fingerprint density at radius 2 is 1.61 bits per heavy atom. The fraction of sp³-hybridized carbons (Fsp3) is 0.154. The molecule has 0 radical (unpaired) electrons. The number of unbranched alkanes of at least 4 members (excludes halogenated alkanes) is 2. The number of benzene rings is 3. The Kier molecular flexibility index (Phi) is 8.00. The van der Waals surface area contributed by atoms with Crippen LogP contribution in [0, 0.1) is 10.1 Å². The maximum Gasteiger partial charge on any atom is 0.276 e. The maximum absolute atomic E-state index is 11.3. The number of hydrogen-bond acceptors (Lipinski definition) is 4. The predicted octanol–water partition coefficient (Wildman–Crippen LogP) is 6.78. The van der Waals surface area contributed by atoms with Gasteiger partial charge in [0.25, 0.3) is 5.69 Å². The molecule has 31 heavy (non-hydrogen) atoms. The van der Waals surface area contributed by atoms with Crippen LogP contribution in [0.15, 0.2) is 84.9 Å². The minimum Gasteiger partial charge on any atom is -0.508 e. The largest absolute Gasteiger partial charge is 0.508 e. The van der Waals surface area contributed by atoms with Gasteiger partial charge < -0.3 is 9.84 Å². The average molecular weight is 415 g/mol. The van der Waals surface area contributed by atoms with E-state index in [9.17, 15) is 15.2 Å². The number of allylic oxidation sites excluding steroid dienone is 2. The Hall–Kier alpha value is -3.86. The van der Waals surface area contributed by atoms with E-state index in [1.165, 1.54) is 6.07 Å². The van der Waals surface area contributed by atoms with Gasteiger partial charge in [0.15, 0.2) is 0 Å².